The van der Waals surface area contributed by atoms with Crippen molar-refractivity contribution in [1.82, 2.24) is 15.1 Å². The van der Waals surface area contributed by atoms with Crippen LogP contribution in [0.25, 0.3) is 0 Å². The molecule has 0 amide bonds. The number of aliphatic imine (C=N–C) groups is 1. The van der Waals surface area contributed by atoms with Crippen molar-refractivity contribution in [2.45, 2.75) is 32.4 Å². The molecule has 0 spiro atoms. The molecule has 0 radical (unpaired) electrons. The second-order valence-electron chi connectivity index (χ2n) is 7.09. The largest absolute Gasteiger partial charge is 0.486 e. The summed E-state index contributed by atoms with van der Waals surface area (Å²) in [6.45, 7) is 11.0. The molecule has 1 aromatic carbocycles. The Bertz CT molecular complexity index is 622. The van der Waals surface area contributed by atoms with Crippen molar-refractivity contribution in [2.75, 3.05) is 52.5 Å². The van der Waals surface area contributed by atoms with Crippen molar-refractivity contribution in [3.05, 3.63) is 30.1 Å². The second kappa shape index (κ2) is 9.90. The first-order valence-electron chi connectivity index (χ1n) is 9.93. The third-order valence-electron chi connectivity index (χ3n) is 5.02. The summed E-state index contributed by atoms with van der Waals surface area (Å²) in [5, 5.41) is 3.38. The molecule has 0 bridgehead atoms. The van der Waals surface area contributed by atoms with Crippen molar-refractivity contribution in [3.8, 4) is 5.75 Å². The molecule has 1 aromatic rings. The van der Waals surface area contributed by atoms with Crippen LogP contribution in [0.1, 0.15) is 20.3 Å². The van der Waals surface area contributed by atoms with E-state index in [4.69, 9.17) is 14.5 Å². The van der Waals surface area contributed by atoms with Gasteiger partial charge in [-0.1, -0.05) is 12.1 Å². The lowest BCUT2D eigenvalue weighted by Gasteiger charge is -2.32. The predicted molar refractivity (Wildman–Crippen MR) is 105 cm³/mol. The van der Waals surface area contributed by atoms with Gasteiger partial charge in [-0.05, 0) is 32.4 Å². The van der Waals surface area contributed by atoms with Crippen LogP contribution in [0.5, 0.6) is 5.75 Å². The molecule has 1 N–H and O–H groups in total. The van der Waals surface area contributed by atoms with E-state index in [1.165, 1.54) is 6.07 Å². The Morgan fingerprint density at radius 3 is 2.85 bits per heavy atom. The number of morpholine rings is 1. The number of guanidine groups is 1. The van der Waals surface area contributed by atoms with E-state index < -0.39 is 0 Å². The fourth-order valence-corrected chi connectivity index (χ4v) is 3.61. The van der Waals surface area contributed by atoms with Crippen LogP contribution in [0, 0.1) is 5.82 Å². The average Bonchev–Trinajstić information content (AvgIpc) is 3.18. The van der Waals surface area contributed by atoms with E-state index in [1.54, 1.807) is 18.2 Å². The number of nitrogens with one attached hydrogen (secondary N) is 1. The molecule has 2 saturated heterocycles. The van der Waals surface area contributed by atoms with Crippen LogP contribution in [-0.2, 0) is 4.74 Å². The van der Waals surface area contributed by atoms with Gasteiger partial charge in [0.15, 0.2) is 17.5 Å². The molecule has 27 heavy (non-hydrogen) atoms. The number of likely N-dealkylation sites (tertiary alicyclic amines) is 1. The van der Waals surface area contributed by atoms with Gasteiger partial charge < -0.3 is 19.7 Å². The predicted octanol–water partition coefficient (Wildman–Crippen LogP) is 1.96. The number of ether oxygens (including phenoxy) is 2. The van der Waals surface area contributed by atoms with Crippen LogP contribution < -0.4 is 10.1 Å². The molecule has 2 fully saturated rings. The van der Waals surface area contributed by atoms with Gasteiger partial charge in [-0.3, -0.25) is 4.90 Å². The monoisotopic (exact) mass is 378 g/mol. The van der Waals surface area contributed by atoms with Crippen LogP contribution in [0.15, 0.2) is 29.3 Å². The summed E-state index contributed by atoms with van der Waals surface area (Å²) in [7, 11) is 0. The van der Waals surface area contributed by atoms with E-state index in [1.807, 2.05) is 6.92 Å². The molecule has 3 rings (SSSR count). The number of hydrogen-bond donors (Lipinski definition) is 1. The molecule has 2 aliphatic heterocycles. The molecule has 0 aromatic heterocycles. The highest BCUT2D eigenvalue weighted by Crippen LogP contribution is 2.18. The minimum atomic E-state index is -0.340. The first kappa shape index (κ1) is 19.9. The van der Waals surface area contributed by atoms with E-state index in [9.17, 15) is 4.39 Å². The van der Waals surface area contributed by atoms with Gasteiger partial charge in [0.05, 0.1) is 19.8 Å². The van der Waals surface area contributed by atoms with Crippen LogP contribution in [0.3, 0.4) is 0 Å². The second-order valence-corrected chi connectivity index (χ2v) is 7.09. The molecule has 2 unspecified atom stereocenters. The normalized spacial score (nSPS) is 22.7. The molecular formula is C20H31FN4O2. The Balaban J connectivity index is 1.55. The first-order valence-corrected chi connectivity index (χ1v) is 9.93. The van der Waals surface area contributed by atoms with Crippen molar-refractivity contribution in [1.29, 1.82) is 0 Å². The zero-order chi connectivity index (χ0) is 19.1. The van der Waals surface area contributed by atoms with Gasteiger partial charge in [-0.2, -0.15) is 0 Å². The third kappa shape index (κ3) is 5.56. The highest BCUT2D eigenvalue weighted by atomic mass is 19.1. The zero-order valence-corrected chi connectivity index (χ0v) is 16.4. The summed E-state index contributed by atoms with van der Waals surface area (Å²) in [4.78, 5) is 9.59. The zero-order valence-electron chi connectivity index (χ0n) is 16.4. The summed E-state index contributed by atoms with van der Waals surface area (Å²) in [6.07, 6.45) is 0.944. The lowest BCUT2D eigenvalue weighted by Crippen LogP contribution is -2.46. The van der Waals surface area contributed by atoms with E-state index >= 15 is 0 Å². The highest BCUT2D eigenvalue weighted by Gasteiger charge is 2.30. The smallest absolute Gasteiger partial charge is 0.194 e. The van der Waals surface area contributed by atoms with E-state index in [-0.39, 0.29) is 17.7 Å². The van der Waals surface area contributed by atoms with Crippen LogP contribution in [0.2, 0.25) is 0 Å². The topological polar surface area (TPSA) is 49.3 Å². The summed E-state index contributed by atoms with van der Waals surface area (Å²) in [6, 6.07) is 7.05. The molecule has 0 saturated carbocycles. The number of rotatable bonds is 6. The minimum Gasteiger partial charge on any atom is -0.486 e. The number of benzene rings is 1. The van der Waals surface area contributed by atoms with Crippen molar-refractivity contribution < 1.29 is 13.9 Å². The Morgan fingerprint density at radius 2 is 2.11 bits per heavy atom. The number of halogens is 1. The maximum absolute atomic E-state index is 13.7. The molecular weight excluding hydrogens is 347 g/mol. The van der Waals surface area contributed by atoms with Crippen LogP contribution >= 0.6 is 0 Å². The molecule has 2 heterocycles. The molecule has 0 aliphatic carbocycles. The Labute approximate surface area is 161 Å². The van der Waals surface area contributed by atoms with Crippen LogP contribution in [0.4, 0.5) is 4.39 Å². The lowest BCUT2D eigenvalue weighted by atomic mass is 10.2. The minimum absolute atomic E-state index is 0.201. The Kier molecular flexibility index (Phi) is 7.29. The number of para-hydroxylation sites is 1. The SMILES string of the molecule is CCNC(=NCC(C)Oc1ccccc1F)N1CCC(N2CCOCC2)C1. The van der Waals surface area contributed by atoms with Gasteiger partial charge in [-0.15, -0.1) is 0 Å². The average molecular weight is 378 g/mol. The molecule has 2 aliphatic rings. The van der Waals surface area contributed by atoms with Gasteiger partial charge in [0, 0.05) is 38.8 Å². The van der Waals surface area contributed by atoms with Gasteiger partial charge in [0.2, 0.25) is 0 Å². The number of nitrogens with zero attached hydrogens (tertiary/aromatic N) is 3. The van der Waals surface area contributed by atoms with Gasteiger partial charge in [0.25, 0.3) is 0 Å². The molecule has 150 valence electrons. The Hall–Kier alpha value is -1.86. The van der Waals surface area contributed by atoms with Gasteiger partial charge in [-0.25, -0.2) is 9.38 Å². The van der Waals surface area contributed by atoms with Gasteiger partial charge >= 0.3 is 0 Å². The van der Waals surface area contributed by atoms with E-state index in [0.29, 0.717) is 12.6 Å². The molecule has 6 nitrogen and oxygen atoms in total. The summed E-state index contributed by atoms with van der Waals surface area (Å²) >= 11 is 0. The Morgan fingerprint density at radius 1 is 1.33 bits per heavy atom. The molecule has 2 atom stereocenters. The highest BCUT2D eigenvalue weighted by molar-refractivity contribution is 5.80. The van der Waals surface area contributed by atoms with Gasteiger partial charge in [0.1, 0.15) is 6.10 Å². The van der Waals surface area contributed by atoms with E-state index in [0.717, 1.165) is 58.3 Å². The fraction of sp³-hybridized carbons (Fsp3) is 0.650. The quantitative estimate of drug-likeness (QED) is 0.606. The molecule has 7 heteroatoms. The standard InChI is InChI=1S/C20H31FN4O2/c1-3-22-20(23-14-16(2)27-19-7-5-4-6-18(19)21)25-9-8-17(15-25)24-10-12-26-13-11-24/h4-7,16-17H,3,8-15H2,1-2H3,(H,22,23). The summed E-state index contributed by atoms with van der Waals surface area (Å²) in [5.41, 5.74) is 0. The third-order valence-corrected chi connectivity index (χ3v) is 5.02. The van der Waals surface area contributed by atoms with E-state index in [2.05, 4.69) is 22.0 Å². The lowest BCUT2D eigenvalue weighted by molar-refractivity contribution is 0.0195. The fourth-order valence-electron chi connectivity index (χ4n) is 3.61. The van der Waals surface area contributed by atoms with Crippen molar-refractivity contribution in [3.63, 3.8) is 0 Å². The first-order chi connectivity index (χ1) is 13.2. The van der Waals surface area contributed by atoms with Crippen LogP contribution in [-0.4, -0.2) is 80.4 Å². The maximum atomic E-state index is 13.7. The number of hydrogen-bond acceptors (Lipinski definition) is 4. The van der Waals surface area contributed by atoms with Crippen molar-refractivity contribution in [2.24, 2.45) is 4.99 Å². The van der Waals surface area contributed by atoms with Crippen molar-refractivity contribution >= 4 is 5.96 Å². The summed E-state index contributed by atoms with van der Waals surface area (Å²) < 4.78 is 24.9. The summed E-state index contributed by atoms with van der Waals surface area (Å²) in [5.74, 6) is 0.851. The maximum Gasteiger partial charge on any atom is 0.194 e.